The minimum absolute atomic E-state index is 0. The van der Waals surface area contributed by atoms with Gasteiger partial charge in [-0.3, -0.25) is 0 Å². The smallest absolute Gasteiger partial charge is 0.744 e. The van der Waals surface area contributed by atoms with E-state index in [0.717, 1.165) is 36.4 Å². The maximum absolute atomic E-state index is 12.9. The van der Waals surface area contributed by atoms with E-state index in [2.05, 4.69) is 0 Å². The van der Waals surface area contributed by atoms with Crippen molar-refractivity contribution in [2.24, 2.45) is 0 Å². The summed E-state index contributed by atoms with van der Waals surface area (Å²) < 4.78 is 107. The van der Waals surface area contributed by atoms with Crippen LogP contribution in [0.25, 0.3) is 0 Å². The first-order valence-corrected chi connectivity index (χ1v) is 12.5. The Morgan fingerprint density at radius 1 is 0.629 bits per heavy atom. The van der Waals surface area contributed by atoms with E-state index in [0.29, 0.717) is 5.30 Å². The zero-order valence-corrected chi connectivity index (χ0v) is 24.8. The van der Waals surface area contributed by atoms with Gasteiger partial charge in [-0.05, 0) is 60.2 Å². The van der Waals surface area contributed by atoms with Crippen molar-refractivity contribution in [2.45, 2.75) is 16.0 Å². The van der Waals surface area contributed by atoms with E-state index in [-0.39, 0.29) is 80.7 Å². The number of rotatable bonds is 5. The molecule has 3 rings (SSSR count). The zero-order chi connectivity index (χ0) is 23.0. The van der Waals surface area contributed by atoms with Crippen LogP contribution in [0.15, 0.2) is 82.6 Å². The predicted octanol–water partition coefficient (Wildman–Crippen LogP) is -5.37. The van der Waals surface area contributed by atoms with Gasteiger partial charge in [-0.15, -0.1) is 0 Å². The zero-order valence-electron chi connectivity index (χ0n) is 18.3. The fourth-order valence-corrected chi connectivity index (χ4v) is 6.36. The summed E-state index contributed by atoms with van der Waals surface area (Å²) in [5, 5.41) is 0.864. The van der Waals surface area contributed by atoms with Gasteiger partial charge in [0.15, 0.2) is 0 Å². The Morgan fingerprint density at radius 3 is 1.31 bits per heavy atom. The van der Waals surface area contributed by atoms with E-state index >= 15 is 0 Å². The molecule has 0 amide bonds. The Kier molecular flexibility index (Phi) is 14.7. The number of hydrogen-bond donors (Lipinski definition) is 0. The molecule has 0 radical (unpaired) electrons. The molecule has 0 bridgehead atoms. The molecule has 0 unspecified atom stereocenters. The topological polar surface area (TPSA) is 177 Å². The molecule has 180 valence electrons. The molecule has 0 saturated heterocycles. The van der Waals surface area contributed by atoms with E-state index < -0.39 is 49.7 Å². The maximum atomic E-state index is 12.9. The van der Waals surface area contributed by atoms with Crippen LogP contribution in [-0.2, 0) is 26.4 Å². The van der Waals surface area contributed by atoms with Crippen LogP contribution in [0, 0.1) is 0 Å². The van der Waals surface area contributed by atoms with Crippen LogP contribution < -0.4 is 75.0 Å². The quantitative estimate of drug-likeness (QED) is 0.168. The third-order valence-electron chi connectivity index (χ3n) is 4.18. The predicted molar refractivity (Wildman–Crippen MR) is 113 cm³/mol. The van der Waals surface area contributed by atoms with E-state index in [1.807, 2.05) is 0 Å². The summed E-state index contributed by atoms with van der Waals surface area (Å²) in [7, 11) is -11.4. The van der Waals surface area contributed by atoms with Crippen LogP contribution in [0.2, 0.25) is 0 Å². The third kappa shape index (κ3) is 9.46. The van der Waals surface area contributed by atoms with Crippen molar-refractivity contribution in [3.8, 4) is 0 Å². The fraction of sp³-hybridized carbons (Fsp3) is 0.0526. The molecule has 3 aromatic rings. The molecule has 0 spiro atoms. The summed E-state index contributed by atoms with van der Waals surface area (Å²) in [6.45, 7) is 0. The average molecular weight is 570 g/mol. The van der Waals surface area contributed by atoms with Crippen LogP contribution in [0.3, 0.4) is 0 Å². The maximum Gasteiger partial charge on any atom is 1.00 e. The summed E-state index contributed by atoms with van der Waals surface area (Å²) in [5.41, 5.74) is -0.905. The standard InChI is InChI=1S/C19H14F3O6PS2.2Na.2H2O/c20-19(21,22)13-7-9-14(10-8-13)29(15-3-1-5-17(11-15)30(23,24)25)16-4-2-6-18(12-16)31(26,27)28;;;;/h1-12H,(H,23,24,25)(H,26,27,28);;;2*1H2/q;2*+1;;/p-2. The van der Waals surface area contributed by atoms with Crippen molar-refractivity contribution in [2.75, 3.05) is 0 Å². The second kappa shape index (κ2) is 14.0. The second-order valence-corrected chi connectivity index (χ2v) is 11.3. The van der Waals surface area contributed by atoms with E-state index in [1.165, 1.54) is 36.4 Å². The molecule has 0 fully saturated rings. The van der Waals surface area contributed by atoms with Crippen LogP contribution in [0.1, 0.15) is 5.56 Å². The summed E-state index contributed by atoms with van der Waals surface area (Å²) in [4.78, 5) is -1.09. The Hall–Kier alpha value is -0.380. The molecule has 0 saturated carbocycles. The van der Waals surface area contributed by atoms with Crippen LogP contribution in [0.5, 0.6) is 0 Å². The summed E-state index contributed by atoms with van der Waals surface area (Å²) >= 11 is 0. The number of hydrogen-bond acceptors (Lipinski definition) is 6. The average Bonchev–Trinajstić information content (AvgIpc) is 2.67. The third-order valence-corrected chi connectivity index (χ3v) is 8.25. The largest absolute Gasteiger partial charge is 1.00 e. The van der Waals surface area contributed by atoms with Crippen LogP contribution in [-0.4, -0.2) is 36.9 Å². The molecule has 8 nitrogen and oxygen atoms in total. The van der Waals surface area contributed by atoms with Gasteiger partial charge < -0.3 is 20.1 Å². The number of halogens is 3. The molecule has 0 aromatic heterocycles. The molecule has 0 heterocycles. The van der Waals surface area contributed by atoms with Crippen molar-refractivity contribution in [3.63, 3.8) is 0 Å². The van der Waals surface area contributed by atoms with Crippen molar-refractivity contribution >= 4 is 44.1 Å². The minimum atomic E-state index is -4.81. The first-order valence-electron chi connectivity index (χ1n) is 8.36. The summed E-state index contributed by atoms with van der Waals surface area (Å²) in [6.07, 6.45) is -4.58. The first-order chi connectivity index (χ1) is 14.3. The number of benzene rings is 3. The monoisotopic (exact) mass is 570 g/mol. The van der Waals surface area contributed by atoms with Gasteiger partial charge in [-0.1, -0.05) is 36.4 Å². The van der Waals surface area contributed by atoms with Gasteiger partial charge in [0, 0.05) is 0 Å². The van der Waals surface area contributed by atoms with Gasteiger partial charge in [-0.2, -0.15) is 13.2 Å². The van der Waals surface area contributed by atoms with Crippen molar-refractivity contribution in [3.05, 3.63) is 78.4 Å². The van der Waals surface area contributed by atoms with Crippen molar-refractivity contribution in [1.29, 1.82) is 0 Å². The Morgan fingerprint density at radius 2 is 1.00 bits per heavy atom. The molecule has 0 aliphatic carbocycles. The second-order valence-electron chi connectivity index (χ2n) is 6.28. The molecule has 35 heavy (non-hydrogen) atoms. The van der Waals surface area contributed by atoms with E-state index in [1.54, 1.807) is 0 Å². The Balaban J connectivity index is 0. The van der Waals surface area contributed by atoms with E-state index in [4.69, 9.17) is 0 Å². The van der Waals surface area contributed by atoms with Gasteiger partial charge in [0.05, 0.1) is 15.4 Å². The Labute approximate surface area is 245 Å². The molecule has 16 heteroatoms. The molecule has 0 aliphatic heterocycles. The van der Waals surface area contributed by atoms with Crippen LogP contribution in [0.4, 0.5) is 13.2 Å². The van der Waals surface area contributed by atoms with Crippen molar-refractivity contribution < 1.29 is 109 Å². The SMILES string of the molecule is O.O.O=S(=O)([O-])c1cccc(P(c2ccc(C(F)(F)F)cc2)c2cccc(S(=O)(=O)[O-])c2)c1.[Na+].[Na+]. The minimum Gasteiger partial charge on any atom is -0.744 e. The van der Waals surface area contributed by atoms with Gasteiger partial charge in [0.1, 0.15) is 20.2 Å². The molecule has 3 aromatic carbocycles. The van der Waals surface area contributed by atoms with Gasteiger partial charge in [0.2, 0.25) is 0 Å². The molecular weight excluding hydrogens is 554 g/mol. The molecule has 0 aliphatic rings. The fourth-order valence-electron chi connectivity index (χ4n) is 2.80. The normalized spacial score (nSPS) is 11.4. The first kappa shape index (κ1) is 36.8. The van der Waals surface area contributed by atoms with Crippen LogP contribution >= 0.6 is 7.92 Å². The molecule has 0 atom stereocenters. The van der Waals surface area contributed by atoms with E-state index in [9.17, 15) is 39.1 Å². The van der Waals surface area contributed by atoms with Gasteiger partial charge in [-0.25, -0.2) is 16.8 Å². The van der Waals surface area contributed by atoms with Gasteiger partial charge in [0.25, 0.3) is 0 Å². The summed E-state index contributed by atoms with van der Waals surface area (Å²) in [5.74, 6) is 0. The Bertz CT molecular complexity index is 1260. The number of alkyl halides is 3. The molecular formula is C19H16F3Na2O8PS2. The van der Waals surface area contributed by atoms with Gasteiger partial charge >= 0.3 is 65.3 Å². The molecule has 4 N–H and O–H groups in total. The summed E-state index contributed by atoms with van der Waals surface area (Å²) in [6, 6.07) is 13.9. The van der Waals surface area contributed by atoms with Crippen molar-refractivity contribution in [1.82, 2.24) is 0 Å².